The zero-order chi connectivity index (χ0) is 16.2. The first-order valence-electron chi connectivity index (χ1n) is 7.68. The highest BCUT2D eigenvalue weighted by Crippen LogP contribution is 2.20. The molecule has 1 atom stereocenters. The maximum absolute atomic E-state index is 12.6. The molecule has 7 nitrogen and oxygen atoms in total. The third kappa shape index (κ3) is 3.42. The third-order valence-corrected chi connectivity index (χ3v) is 4.56. The van der Waals surface area contributed by atoms with Crippen LogP contribution in [0.4, 0.5) is 0 Å². The van der Waals surface area contributed by atoms with Gasteiger partial charge in [0.15, 0.2) is 0 Å². The summed E-state index contributed by atoms with van der Waals surface area (Å²) in [5.41, 5.74) is 2.96. The predicted molar refractivity (Wildman–Crippen MR) is 85.9 cm³/mol. The topological polar surface area (TPSA) is 80.1 Å². The van der Waals surface area contributed by atoms with Gasteiger partial charge < -0.3 is 10.2 Å². The van der Waals surface area contributed by atoms with E-state index in [1.165, 1.54) is 11.3 Å². The quantitative estimate of drug-likeness (QED) is 0.894. The van der Waals surface area contributed by atoms with Crippen molar-refractivity contribution in [2.75, 3.05) is 6.54 Å². The van der Waals surface area contributed by atoms with E-state index in [0.29, 0.717) is 31.7 Å². The van der Waals surface area contributed by atoms with Crippen LogP contribution in [-0.2, 0) is 17.9 Å². The van der Waals surface area contributed by atoms with Crippen molar-refractivity contribution in [3.8, 4) is 0 Å². The van der Waals surface area contributed by atoms with E-state index >= 15 is 0 Å². The molecule has 0 radical (unpaired) electrons. The molecule has 2 aromatic heterocycles. The normalized spacial score (nSPS) is 17.4. The second-order valence-corrected chi connectivity index (χ2v) is 6.13. The van der Waals surface area contributed by atoms with Crippen molar-refractivity contribution in [1.29, 1.82) is 0 Å². The van der Waals surface area contributed by atoms with Crippen LogP contribution in [0.5, 0.6) is 0 Å². The average molecular weight is 333 g/mol. The van der Waals surface area contributed by atoms with E-state index in [1.54, 1.807) is 27.4 Å². The van der Waals surface area contributed by atoms with Gasteiger partial charge in [0.2, 0.25) is 5.91 Å². The summed E-state index contributed by atoms with van der Waals surface area (Å²) in [6, 6.07) is 1.28. The summed E-state index contributed by atoms with van der Waals surface area (Å²) in [4.78, 5) is 30.7. The average Bonchev–Trinajstić information content (AvgIpc) is 3.32. The van der Waals surface area contributed by atoms with Crippen molar-refractivity contribution in [3.05, 3.63) is 34.5 Å². The van der Waals surface area contributed by atoms with Gasteiger partial charge in [-0.25, -0.2) is 4.98 Å². The molecule has 23 heavy (non-hydrogen) atoms. The fraction of sp³-hybridized carbons (Fsp3) is 0.467. The summed E-state index contributed by atoms with van der Waals surface area (Å²) in [5.74, 6) is -0.303. The van der Waals surface area contributed by atoms with Gasteiger partial charge in [-0.3, -0.25) is 14.3 Å². The highest BCUT2D eigenvalue weighted by molar-refractivity contribution is 7.07. The molecule has 3 heterocycles. The number of carbonyl (C=O) groups is 2. The summed E-state index contributed by atoms with van der Waals surface area (Å²) in [5, 5.41) is 9.00. The van der Waals surface area contributed by atoms with Crippen LogP contribution in [0.3, 0.4) is 0 Å². The molecule has 8 heteroatoms. The number of likely N-dealkylation sites (tertiary alicyclic amines) is 1. The van der Waals surface area contributed by atoms with Crippen molar-refractivity contribution < 1.29 is 9.59 Å². The fourth-order valence-corrected chi connectivity index (χ4v) is 3.26. The van der Waals surface area contributed by atoms with Crippen molar-refractivity contribution in [1.82, 2.24) is 25.0 Å². The molecule has 3 rings (SSSR count). The lowest BCUT2D eigenvalue weighted by atomic mass is 10.2. The molecule has 1 N–H and O–H groups in total. The summed E-state index contributed by atoms with van der Waals surface area (Å²) in [6.45, 7) is 3.66. The Kier molecular flexibility index (Phi) is 4.71. The maximum atomic E-state index is 12.6. The second kappa shape index (κ2) is 6.91. The predicted octanol–water partition coefficient (Wildman–Crippen LogP) is 1.28. The Morgan fingerprint density at radius 1 is 1.48 bits per heavy atom. The van der Waals surface area contributed by atoms with E-state index in [4.69, 9.17) is 0 Å². The van der Waals surface area contributed by atoms with Crippen LogP contribution in [0.25, 0.3) is 0 Å². The third-order valence-electron chi connectivity index (χ3n) is 3.93. The number of carbonyl (C=O) groups excluding carboxylic acids is 2. The van der Waals surface area contributed by atoms with Crippen molar-refractivity contribution >= 4 is 23.2 Å². The Labute approximate surface area is 138 Å². The monoisotopic (exact) mass is 333 g/mol. The van der Waals surface area contributed by atoms with Gasteiger partial charge in [-0.15, -0.1) is 11.3 Å². The molecular formula is C15H19N5O2S. The first-order valence-corrected chi connectivity index (χ1v) is 8.62. The first-order chi connectivity index (χ1) is 11.2. The number of nitrogens with zero attached hydrogens (tertiary/aromatic N) is 4. The van der Waals surface area contributed by atoms with Crippen molar-refractivity contribution in [3.63, 3.8) is 0 Å². The minimum Gasteiger partial charge on any atom is -0.349 e. The molecule has 2 aromatic rings. The molecule has 1 fully saturated rings. The molecule has 122 valence electrons. The number of hydrogen-bond donors (Lipinski definition) is 1. The summed E-state index contributed by atoms with van der Waals surface area (Å²) in [6.07, 6.45) is 3.29. The summed E-state index contributed by atoms with van der Waals surface area (Å²) in [7, 11) is 0. The summed E-state index contributed by atoms with van der Waals surface area (Å²) >= 11 is 1.49. The number of rotatable bonds is 5. The van der Waals surface area contributed by atoms with Gasteiger partial charge >= 0.3 is 0 Å². The van der Waals surface area contributed by atoms with Crippen LogP contribution in [0, 0.1) is 0 Å². The van der Waals surface area contributed by atoms with E-state index in [-0.39, 0.29) is 11.8 Å². The van der Waals surface area contributed by atoms with Crippen molar-refractivity contribution in [2.45, 2.75) is 38.9 Å². The zero-order valence-corrected chi connectivity index (χ0v) is 13.8. The van der Waals surface area contributed by atoms with Gasteiger partial charge in [0.05, 0.1) is 17.7 Å². The molecule has 1 unspecified atom stereocenters. The Hall–Kier alpha value is -2.22. The van der Waals surface area contributed by atoms with Crippen LogP contribution in [0.1, 0.15) is 35.9 Å². The van der Waals surface area contributed by atoms with E-state index < -0.39 is 6.04 Å². The Morgan fingerprint density at radius 2 is 2.35 bits per heavy atom. The van der Waals surface area contributed by atoms with E-state index in [1.807, 2.05) is 12.3 Å². The number of aryl methyl sites for hydroxylation is 1. The molecule has 1 saturated heterocycles. The Morgan fingerprint density at radius 3 is 3.04 bits per heavy atom. The van der Waals surface area contributed by atoms with Gasteiger partial charge in [0.1, 0.15) is 11.7 Å². The highest BCUT2D eigenvalue weighted by atomic mass is 32.1. The zero-order valence-electron chi connectivity index (χ0n) is 12.9. The maximum Gasteiger partial charge on any atom is 0.275 e. The fourth-order valence-electron chi connectivity index (χ4n) is 2.70. The van der Waals surface area contributed by atoms with Crippen LogP contribution in [-0.4, -0.2) is 44.1 Å². The van der Waals surface area contributed by atoms with Crippen molar-refractivity contribution in [2.24, 2.45) is 0 Å². The van der Waals surface area contributed by atoms with Crippen LogP contribution in [0.15, 0.2) is 23.2 Å². The highest BCUT2D eigenvalue weighted by Gasteiger charge is 2.35. The van der Waals surface area contributed by atoms with Crippen LogP contribution < -0.4 is 5.32 Å². The van der Waals surface area contributed by atoms with Gasteiger partial charge in [0.25, 0.3) is 5.91 Å². The molecule has 0 bridgehead atoms. The molecule has 2 amide bonds. The minimum atomic E-state index is -0.423. The molecule has 0 saturated carbocycles. The van der Waals surface area contributed by atoms with Gasteiger partial charge in [-0.1, -0.05) is 0 Å². The molecule has 0 aliphatic carbocycles. The first kappa shape index (κ1) is 15.7. The number of aromatic nitrogens is 3. The Balaban J connectivity index is 1.64. The lowest BCUT2D eigenvalue weighted by Gasteiger charge is -2.23. The number of amides is 2. The molecular weight excluding hydrogens is 314 g/mol. The van der Waals surface area contributed by atoms with Gasteiger partial charge in [-0.2, -0.15) is 5.10 Å². The molecule has 1 aliphatic heterocycles. The molecule has 0 spiro atoms. The number of nitrogens with one attached hydrogen (secondary N) is 1. The lowest BCUT2D eigenvalue weighted by Crippen LogP contribution is -2.45. The lowest BCUT2D eigenvalue weighted by molar-refractivity contribution is -0.125. The SMILES string of the molecule is CCn1ccc(C(=O)N2CCCC2C(=O)NCc2cscn2)n1. The van der Waals surface area contributed by atoms with Crippen LogP contribution in [0.2, 0.25) is 0 Å². The second-order valence-electron chi connectivity index (χ2n) is 5.41. The number of hydrogen-bond acceptors (Lipinski definition) is 5. The van der Waals surface area contributed by atoms with Gasteiger partial charge in [0, 0.05) is 24.7 Å². The Bertz CT molecular complexity index is 682. The van der Waals surface area contributed by atoms with E-state index in [2.05, 4.69) is 15.4 Å². The van der Waals surface area contributed by atoms with Crippen LogP contribution >= 0.6 is 11.3 Å². The number of thiazole rings is 1. The largest absolute Gasteiger partial charge is 0.349 e. The minimum absolute atomic E-state index is 0.126. The smallest absolute Gasteiger partial charge is 0.275 e. The molecule has 1 aliphatic rings. The standard InChI is InChI=1S/C15H19N5O2S/c1-2-19-7-5-12(18-19)15(22)20-6-3-4-13(20)14(21)16-8-11-9-23-10-17-11/h5,7,9-10,13H,2-4,6,8H2,1H3,(H,16,21). The van der Waals surface area contributed by atoms with Gasteiger partial charge in [-0.05, 0) is 25.8 Å². The molecule has 0 aromatic carbocycles. The van der Waals surface area contributed by atoms with E-state index in [9.17, 15) is 9.59 Å². The van der Waals surface area contributed by atoms with E-state index in [0.717, 1.165) is 12.1 Å². The summed E-state index contributed by atoms with van der Waals surface area (Å²) < 4.78 is 1.71.